The molecule has 0 aliphatic carbocycles. The topological polar surface area (TPSA) is 14.2 Å². The van der Waals surface area contributed by atoms with Gasteiger partial charge in [-0.3, -0.25) is 0 Å². The maximum absolute atomic E-state index is 7.65. The van der Waals surface area contributed by atoms with E-state index in [2.05, 4.69) is 166 Å². The van der Waals surface area contributed by atoms with Gasteiger partial charge < -0.3 is 9.13 Å². The van der Waals surface area contributed by atoms with Crippen molar-refractivity contribution in [2.24, 2.45) is 0 Å². The second-order valence-corrected chi connectivity index (χ2v) is 12.4. The summed E-state index contributed by atoms with van der Waals surface area (Å²) in [7, 11) is 0. The van der Waals surface area contributed by atoms with Gasteiger partial charge in [-0.2, -0.15) is 0 Å². The Labute approximate surface area is 276 Å². The fourth-order valence-electron chi connectivity index (χ4n) is 7.82. The van der Waals surface area contributed by atoms with Crippen LogP contribution in [0.3, 0.4) is 0 Å². The number of benzene rings is 8. The molecule has 48 heavy (non-hydrogen) atoms. The lowest BCUT2D eigenvalue weighted by Gasteiger charge is -2.15. The third-order valence-electron chi connectivity index (χ3n) is 9.89. The molecule has 0 fully saturated rings. The second kappa shape index (κ2) is 10.2. The number of rotatable bonds is 3. The van der Waals surface area contributed by atoms with Crippen molar-refractivity contribution in [3.63, 3.8) is 0 Å². The average Bonchev–Trinajstić information content (AvgIpc) is 3.68. The van der Waals surface area contributed by atoms with E-state index in [-0.39, 0.29) is 0 Å². The largest absolute Gasteiger partial charge is 0.309 e. The number of para-hydroxylation sites is 5. The van der Waals surface area contributed by atoms with E-state index < -0.39 is 0 Å². The molecule has 2 heterocycles. The molecule has 2 aromatic heterocycles. The molecule has 10 rings (SSSR count). The second-order valence-electron chi connectivity index (χ2n) is 12.4. The zero-order valence-electron chi connectivity index (χ0n) is 25.9. The zero-order valence-corrected chi connectivity index (χ0v) is 25.9. The molecule has 0 radical (unpaired) electrons. The summed E-state index contributed by atoms with van der Waals surface area (Å²) in [5.74, 6) is 0. The van der Waals surface area contributed by atoms with Crippen LogP contribution in [-0.2, 0) is 0 Å². The van der Waals surface area contributed by atoms with Crippen molar-refractivity contribution < 1.29 is 0 Å². The highest BCUT2D eigenvalue weighted by atomic mass is 15.0. The Morgan fingerprint density at radius 2 is 0.875 bits per heavy atom. The monoisotopic (exact) mass is 609 g/mol. The third-order valence-corrected chi connectivity index (χ3v) is 9.89. The molecule has 0 saturated carbocycles. The highest BCUT2D eigenvalue weighted by Gasteiger charge is 2.21. The van der Waals surface area contributed by atoms with E-state index in [1.54, 1.807) is 0 Å². The summed E-state index contributed by atoms with van der Waals surface area (Å²) in [5, 5.41) is 9.45. The van der Waals surface area contributed by atoms with E-state index in [1.807, 2.05) is 12.1 Å². The number of aromatic nitrogens is 2. The Balaban J connectivity index is 1.34. The molecule has 10 aromatic rings. The molecule has 222 valence electrons. The van der Waals surface area contributed by atoms with E-state index in [9.17, 15) is 0 Å². The van der Waals surface area contributed by atoms with Crippen molar-refractivity contribution in [3.05, 3.63) is 175 Å². The molecule has 0 spiro atoms. The van der Waals surface area contributed by atoms with E-state index >= 15 is 0 Å². The summed E-state index contributed by atoms with van der Waals surface area (Å²) in [6.45, 7) is 7.65. The van der Waals surface area contributed by atoms with Crippen LogP contribution in [-0.4, -0.2) is 9.13 Å². The first-order valence-corrected chi connectivity index (χ1v) is 16.2. The molecule has 8 aromatic carbocycles. The van der Waals surface area contributed by atoms with Gasteiger partial charge in [0.05, 0.1) is 28.6 Å². The first kappa shape index (κ1) is 26.6. The number of fused-ring (bicyclic) bond motifs is 9. The van der Waals surface area contributed by atoms with E-state index in [4.69, 9.17) is 6.57 Å². The first-order chi connectivity index (χ1) is 23.8. The molecule has 3 heteroatoms. The van der Waals surface area contributed by atoms with Gasteiger partial charge in [0.15, 0.2) is 5.69 Å². The minimum absolute atomic E-state index is 0.654. The SMILES string of the molecule is [C-]#[N+]c1ccc2ccc3ccc(-n4c5ccccc5c5cccc(-c6cccc7c8ccccc8n(-c8ccccc8)c67)c54)cc3c2c1. The summed E-state index contributed by atoms with van der Waals surface area (Å²) >= 11 is 0. The molecular weight excluding hydrogens is 583 g/mol. The summed E-state index contributed by atoms with van der Waals surface area (Å²) < 4.78 is 4.86. The normalized spacial score (nSPS) is 11.7. The molecule has 0 aliphatic rings. The fraction of sp³-hybridized carbons (Fsp3) is 0. The van der Waals surface area contributed by atoms with Crippen LogP contribution < -0.4 is 0 Å². The highest BCUT2D eigenvalue weighted by molar-refractivity contribution is 6.19. The van der Waals surface area contributed by atoms with Crippen LogP contribution in [0.2, 0.25) is 0 Å². The number of nitrogens with zero attached hydrogens (tertiary/aromatic N) is 3. The summed E-state index contributed by atoms with van der Waals surface area (Å²) in [6, 6.07) is 58.6. The average molecular weight is 610 g/mol. The van der Waals surface area contributed by atoms with Gasteiger partial charge in [-0.25, -0.2) is 4.85 Å². The van der Waals surface area contributed by atoms with E-state index in [1.165, 1.54) is 49.2 Å². The zero-order chi connectivity index (χ0) is 31.8. The third kappa shape index (κ3) is 3.75. The van der Waals surface area contributed by atoms with Gasteiger partial charge in [-0.15, -0.1) is 0 Å². The van der Waals surface area contributed by atoms with Crippen LogP contribution in [0.15, 0.2) is 164 Å². The van der Waals surface area contributed by atoms with Crippen molar-refractivity contribution in [2.75, 3.05) is 0 Å². The molecule has 0 aliphatic heterocycles. The molecular formula is C45H27N3. The molecule has 0 atom stereocenters. The predicted molar refractivity (Wildman–Crippen MR) is 202 cm³/mol. The summed E-state index contributed by atoms with van der Waals surface area (Å²) in [4.78, 5) is 3.74. The quantitative estimate of drug-likeness (QED) is 0.140. The van der Waals surface area contributed by atoms with Crippen molar-refractivity contribution in [3.8, 4) is 22.5 Å². The van der Waals surface area contributed by atoms with Crippen LogP contribution in [0.5, 0.6) is 0 Å². The van der Waals surface area contributed by atoms with Gasteiger partial charge in [0, 0.05) is 44.0 Å². The Bertz CT molecular complexity index is 2950. The standard InChI is InChI=1S/C45H27N3/c1-46-31-25-23-29-21-22-30-24-26-33(28-41(30)40(29)27-31)48-43-20-8-6-14-35(43)37-16-10-18-39(45(37)48)38-17-9-15-36-34-13-5-7-19-42(34)47(44(36)38)32-11-3-2-4-12-32/h2-28H. The number of hydrogen-bond acceptors (Lipinski definition) is 0. The van der Waals surface area contributed by atoms with Crippen LogP contribution in [0.4, 0.5) is 5.69 Å². The Hall–Kier alpha value is -6.63. The lowest BCUT2D eigenvalue weighted by Crippen LogP contribution is -1.98. The summed E-state index contributed by atoms with van der Waals surface area (Å²) in [6.07, 6.45) is 0. The lowest BCUT2D eigenvalue weighted by molar-refractivity contribution is 1.17. The van der Waals surface area contributed by atoms with Crippen molar-refractivity contribution in [2.45, 2.75) is 0 Å². The lowest BCUT2D eigenvalue weighted by atomic mass is 9.98. The van der Waals surface area contributed by atoms with Gasteiger partial charge in [-0.05, 0) is 64.0 Å². The maximum Gasteiger partial charge on any atom is 0.187 e. The van der Waals surface area contributed by atoms with Crippen LogP contribution >= 0.6 is 0 Å². The van der Waals surface area contributed by atoms with Crippen LogP contribution in [0.1, 0.15) is 0 Å². The van der Waals surface area contributed by atoms with E-state index in [0.29, 0.717) is 5.69 Å². The van der Waals surface area contributed by atoms with Gasteiger partial charge in [0.25, 0.3) is 0 Å². The fourth-order valence-corrected chi connectivity index (χ4v) is 7.82. The van der Waals surface area contributed by atoms with Gasteiger partial charge in [0.2, 0.25) is 0 Å². The van der Waals surface area contributed by atoms with Crippen LogP contribution in [0, 0.1) is 6.57 Å². The van der Waals surface area contributed by atoms with E-state index in [0.717, 1.165) is 38.4 Å². The Kier molecular flexibility index (Phi) is 5.64. The van der Waals surface area contributed by atoms with Gasteiger partial charge >= 0.3 is 0 Å². The van der Waals surface area contributed by atoms with Crippen molar-refractivity contribution in [1.29, 1.82) is 0 Å². The molecule has 0 amide bonds. The highest BCUT2D eigenvalue weighted by Crippen LogP contribution is 2.43. The van der Waals surface area contributed by atoms with Crippen molar-refractivity contribution >= 4 is 70.8 Å². The molecule has 3 nitrogen and oxygen atoms in total. The minimum atomic E-state index is 0.654. The van der Waals surface area contributed by atoms with Crippen LogP contribution in [0.25, 0.3) is 92.5 Å². The van der Waals surface area contributed by atoms with Gasteiger partial charge in [-0.1, -0.05) is 121 Å². The first-order valence-electron chi connectivity index (χ1n) is 16.2. The smallest absolute Gasteiger partial charge is 0.187 e. The number of hydrogen-bond donors (Lipinski definition) is 0. The molecule has 0 bridgehead atoms. The minimum Gasteiger partial charge on any atom is -0.309 e. The summed E-state index contributed by atoms with van der Waals surface area (Å²) in [5.41, 5.74) is 10.0. The molecule has 0 saturated heterocycles. The molecule has 0 unspecified atom stereocenters. The van der Waals surface area contributed by atoms with Crippen molar-refractivity contribution in [1.82, 2.24) is 9.13 Å². The Morgan fingerprint density at radius 3 is 1.50 bits per heavy atom. The molecule has 0 N–H and O–H groups in total. The maximum atomic E-state index is 7.65. The van der Waals surface area contributed by atoms with Gasteiger partial charge in [0.1, 0.15) is 0 Å². The predicted octanol–water partition coefficient (Wildman–Crippen LogP) is 12.4. The Morgan fingerprint density at radius 1 is 0.375 bits per heavy atom.